The first-order chi connectivity index (χ1) is 18.4. The first kappa shape index (κ1) is 25.8. The highest BCUT2D eigenvalue weighted by atomic mass is 16.7. The van der Waals surface area contributed by atoms with Crippen molar-refractivity contribution in [2.45, 2.75) is 23.2 Å². The van der Waals surface area contributed by atoms with Gasteiger partial charge in [-0.1, -0.05) is 42.5 Å². The van der Waals surface area contributed by atoms with Gasteiger partial charge in [-0.15, -0.1) is 0 Å². The second-order valence-electron chi connectivity index (χ2n) is 9.26. The predicted octanol–water partition coefficient (Wildman–Crippen LogP) is 3.11. The fourth-order valence-corrected chi connectivity index (χ4v) is 5.99. The number of ether oxygens (including phenoxy) is 6. The van der Waals surface area contributed by atoms with Crippen molar-refractivity contribution in [1.29, 1.82) is 0 Å². The molecule has 3 aromatic carbocycles. The van der Waals surface area contributed by atoms with Crippen molar-refractivity contribution in [2.24, 2.45) is 5.92 Å². The standard InChI is InChI=1S/C29H30O9/c1-33-16-37-20-14-21(35-3)25-22(15-20)38-29(18-10-12-19(34-2)13-11-18)24(17-8-6-5-7-9-17)23(27(31)36-4)26(30)28(25,29)32/h5-15,23-24,26,30,32H,16H2,1-4H3/t23-,24-,26-,28+,29+/m1/s1. The predicted molar refractivity (Wildman–Crippen MR) is 135 cm³/mol. The topological polar surface area (TPSA) is 113 Å². The Hall–Kier alpha value is -3.79. The summed E-state index contributed by atoms with van der Waals surface area (Å²) in [5.74, 6) is -1.25. The third kappa shape index (κ3) is 3.53. The number of methoxy groups -OCH3 is 4. The molecule has 5 rings (SSSR count). The zero-order valence-corrected chi connectivity index (χ0v) is 21.5. The average Bonchev–Trinajstić information content (AvgIpc) is 3.33. The number of esters is 1. The molecule has 1 aliphatic carbocycles. The Labute approximate surface area is 220 Å². The monoisotopic (exact) mass is 522 g/mol. The van der Waals surface area contributed by atoms with Crippen molar-refractivity contribution in [3.63, 3.8) is 0 Å². The largest absolute Gasteiger partial charge is 0.497 e. The van der Waals surface area contributed by atoms with Crippen molar-refractivity contribution < 1.29 is 43.4 Å². The summed E-state index contributed by atoms with van der Waals surface area (Å²) in [5.41, 5.74) is -2.37. The average molecular weight is 523 g/mol. The van der Waals surface area contributed by atoms with Gasteiger partial charge in [0.1, 0.15) is 29.1 Å². The molecular weight excluding hydrogens is 492 g/mol. The summed E-state index contributed by atoms with van der Waals surface area (Å²) in [7, 11) is 5.75. The molecule has 5 atom stereocenters. The van der Waals surface area contributed by atoms with E-state index in [1.54, 1.807) is 43.5 Å². The van der Waals surface area contributed by atoms with Crippen molar-refractivity contribution in [3.8, 4) is 23.0 Å². The first-order valence-corrected chi connectivity index (χ1v) is 12.1. The van der Waals surface area contributed by atoms with Crippen LogP contribution in [0, 0.1) is 5.92 Å². The molecule has 2 N–H and O–H groups in total. The molecule has 200 valence electrons. The summed E-state index contributed by atoms with van der Waals surface area (Å²) in [6, 6.07) is 19.4. The lowest BCUT2D eigenvalue weighted by Gasteiger charge is -2.40. The van der Waals surface area contributed by atoms with Crippen molar-refractivity contribution in [2.75, 3.05) is 35.2 Å². The Morgan fingerprint density at radius 3 is 2.26 bits per heavy atom. The van der Waals surface area contributed by atoms with Gasteiger partial charge in [0.2, 0.25) is 0 Å². The lowest BCUT2D eigenvalue weighted by Crippen LogP contribution is -2.52. The van der Waals surface area contributed by atoms with Gasteiger partial charge in [-0.2, -0.15) is 0 Å². The molecule has 38 heavy (non-hydrogen) atoms. The van der Waals surface area contributed by atoms with Crippen LogP contribution < -0.4 is 18.9 Å². The molecule has 1 saturated carbocycles. The van der Waals surface area contributed by atoms with Gasteiger partial charge < -0.3 is 38.6 Å². The number of rotatable bonds is 8. The number of aliphatic hydroxyl groups excluding tert-OH is 1. The molecule has 0 radical (unpaired) electrons. The van der Waals surface area contributed by atoms with Crippen molar-refractivity contribution >= 4 is 5.97 Å². The number of hydrogen-bond acceptors (Lipinski definition) is 9. The molecule has 0 saturated heterocycles. The van der Waals surface area contributed by atoms with Gasteiger partial charge in [-0.05, 0) is 23.3 Å². The van der Waals surface area contributed by atoms with Gasteiger partial charge in [-0.25, -0.2) is 0 Å². The SMILES string of the molecule is COCOc1cc(OC)c2c(c1)O[C@@]1(c3ccc(OC)cc3)[C@H](c3ccccc3)[C@@H](C(=O)OC)[C@@H](O)[C@@]21O. The molecule has 1 aliphatic heterocycles. The van der Waals surface area contributed by atoms with Crippen LogP contribution in [0.15, 0.2) is 66.7 Å². The van der Waals surface area contributed by atoms with Crippen LogP contribution in [0.2, 0.25) is 0 Å². The lowest BCUT2D eigenvalue weighted by atomic mass is 9.70. The summed E-state index contributed by atoms with van der Waals surface area (Å²) < 4.78 is 33.6. The highest BCUT2D eigenvalue weighted by Crippen LogP contribution is 2.70. The number of carbonyl (C=O) groups is 1. The maximum absolute atomic E-state index is 13.3. The smallest absolute Gasteiger partial charge is 0.312 e. The van der Waals surface area contributed by atoms with Crippen LogP contribution in [0.1, 0.15) is 22.6 Å². The molecule has 1 heterocycles. The highest BCUT2D eigenvalue weighted by Gasteiger charge is 2.78. The van der Waals surface area contributed by atoms with E-state index in [0.29, 0.717) is 22.6 Å². The van der Waals surface area contributed by atoms with Gasteiger partial charge in [0.25, 0.3) is 0 Å². The van der Waals surface area contributed by atoms with E-state index in [2.05, 4.69) is 0 Å². The summed E-state index contributed by atoms with van der Waals surface area (Å²) >= 11 is 0. The molecule has 1 fully saturated rings. The Bertz CT molecular complexity index is 1310. The van der Waals surface area contributed by atoms with E-state index in [1.807, 2.05) is 30.3 Å². The van der Waals surface area contributed by atoms with Crippen molar-refractivity contribution in [1.82, 2.24) is 0 Å². The van der Waals surface area contributed by atoms with Gasteiger partial charge in [0.05, 0.1) is 32.8 Å². The van der Waals surface area contributed by atoms with E-state index in [-0.39, 0.29) is 23.9 Å². The van der Waals surface area contributed by atoms with Crippen LogP contribution in [0.5, 0.6) is 23.0 Å². The molecule has 9 nitrogen and oxygen atoms in total. The van der Waals surface area contributed by atoms with Crippen LogP contribution in [0.4, 0.5) is 0 Å². The van der Waals surface area contributed by atoms with Crippen LogP contribution >= 0.6 is 0 Å². The quantitative estimate of drug-likeness (QED) is 0.340. The Morgan fingerprint density at radius 2 is 1.66 bits per heavy atom. The third-order valence-corrected chi connectivity index (χ3v) is 7.54. The summed E-state index contributed by atoms with van der Waals surface area (Å²) in [5, 5.41) is 24.6. The van der Waals surface area contributed by atoms with Gasteiger partial charge in [0.15, 0.2) is 18.0 Å². The highest BCUT2D eigenvalue weighted by molar-refractivity contribution is 5.78. The fourth-order valence-electron chi connectivity index (χ4n) is 5.99. The normalized spacial score (nSPS) is 27.2. The minimum Gasteiger partial charge on any atom is -0.497 e. The number of carbonyl (C=O) groups excluding carboxylic acids is 1. The Kier molecular flexibility index (Phi) is 6.68. The minimum atomic E-state index is -2.12. The molecule has 0 unspecified atom stereocenters. The summed E-state index contributed by atoms with van der Waals surface area (Å²) in [6.07, 6.45) is -1.62. The summed E-state index contributed by atoms with van der Waals surface area (Å²) in [4.78, 5) is 13.3. The molecule has 3 aromatic rings. The van der Waals surface area contributed by atoms with Crippen molar-refractivity contribution in [3.05, 3.63) is 83.4 Å². The van der Waals surface area contributed by atoms with Gasteiger partial charge in [-0.3, -0.25) is 4.79 Å². The molecule has 0 amide bonds. The van der Waals surface area contributed by atoms with E-state index < -0.39 is 35.1 Å². The maximum Gasteiger partial charge on any atom is 0.312 e. The molecule has 9 heteroatoms. The Balaban J connectivity index is 1.84. The van der Waals surface area contributed by atoms with Crippen LogP contribution in [-0.2, 0) is 25.5 Å². The number of fused-ring (bicyclic) bond motifs is 3. The number of aliphatic hydroxyl groups is 2. The van der Waals surface area contributed by atoms with Crippen LogP contribution in [-0.4, -0.2) is 57.5 Å². The second kappa shape index (κ2) is 9.83. The van der Waals surface area contributed by atoms with Crippen LogP contribution in [0.3, 0.4) is 0 Å². The minimum absolute atomic E-state index is 0.0183. The zero-order chi connectivity index (χ0) is 27.1. The van der Waals surface area contributed by atoms with Gasteiger partial charge >= 0.3 is 5.97 Å². The number of hydrogen-bond donors (Lipinski definition) is 2. The molecular formula is C29H30O9. The molecule has 0 spiro atoms. The second-order valence-corrected chi connectivity index (χ2v) is 9.26. The lowest BCUT2D eigenvalue weighted by molar-refractivity contribution is -0.161. The van der Waals surface area contributed by atoms with Crippen LogP contribution in [0.25, 0.3) is 0 Å². The van der Waals surface area contributed by atoms with E-state index in [4.69, 9.17) is 28.4 Å². The zero-order valence-electron chi connectivity index (χ0n) is 21.5. The number of benzene rings is 3. The third-order valence-electron chi connectivity index (χ3n) is 7.54. The van der Waals surface area contributed by atoms with Gasteiger partial charge in [0, 0.05) is 25.2 Å². The van der Waals surface area contributed by atoms with E-state index in [9.17, 15) is 15.0 Å². The first-order valence-electron chi connectivity index (χ1n) is 12.1. The molecule has 0 aromatic heterocycles. The molecule has 0 bridgehead atoms. The summed E-state index contributed by atoms with van der Waals surface area (Å²) in [6.45, 7) is -0.0183. The van der Waals surface area contributed by atoms with E-state index in [1.165, 1.54) is 21.3 Å². The maximum atomic E-state index is 13.3. The molecule has 2 aliphatic rings. The Morgan fingerprint density at radius 1 is 0.947 bits per heavy atom. The van der Waals surface area contributed by atoms with E-state index >= 15 is 0 Å². The fraction of sp³-hybridized carbons (Fsp3) is 0.345. The van der Waals surface area contributed by atoms with E-state index in [0.717, 1.165) is 0 Å².